The summed E-state index contributed by atoms with van der Waals surface area (Å²) < 4.78 is 1.12. The van der Waals surface area contributed by atoms with E-state index in [-0.39, 0.29) is 0 Å². The fourth-order valence-corrected chi connectivity index (χ4v) is 2.99. The van der Waals surface area contributed by atoms with E-state index in [1.165, 1.54) is 38.5 Å². The first-order valence-electron chi connectivity index (χ1n) is 7.05. The molecule has 1 heteroatoms. The van der Waals surface area contributed by atoms with Crippen molar-refractivity contribution in [3.8, 4) is 11.8 Å². The molecule has 0 nitrogen and oxygen atoms in total. The molecule has 0 aromatic heterocycles. The SMILES string of the molecule is CCCC1CCC(C#Cc2ccc(Br)cc2)CC1. The normalized spacial score (nSPS) is 23.2. The summed E-state index contributed by atoms with van der Waals surface area (Å²) in [4.78, 5) is 0. The van der Waals surface area contributed by atoms with Crippen LogP contribution in [0.4, 0.5) is 0 Å². The average molecular weight is 305 g/mol. The third-order valence-corrected chi connectivity index (χ3v) is 4.34. The number of halogens is 1. The highest BCUT2D eigenvalue weighted by Crippen LogP contribution is 2.31. The lowest BCUT2D eigenvalue weighted by atomic mass is 9.80. The van der Waals surface area contributed by atoms with E-state index in [2.05, 4.69) is 59.0 Å². The van der Waals surface area contributed by atoms with Crippen LogP contribution < -0.4 is 0 Å². The maximum Gasteiger partial charge on any atom is 0.0246 e. The fourth-order valence-electron chi connectivity index (χ4n) is 2.72. The van der Waals surface area contributed by atoms with E-state index in [0.717, 1.165) is 16.0 Å². The van der Waals surface area contributed by atoms with Crippen LogP contribution in [0.2, 0.25) is 0 Å². The Morgan fingerprint density at radius 2 is 1.78 bits per heavy atom. The molecule has 18 heavy (non-hydrogen) atoms. The Morgan fingerprint density at radius 1 is 1.11 bits per heavy atom. The molecule has 0 atom stereocenters. The lowest BCUT2D eigenvalue weighted by Gasteiger charge is -2.25. The molecule has 1 aromatic carbocycles. The van der Waals surface area contributed by atoms with Crippen LogP contribution in [0.3, 0.4) is 0 Å². The van der Waals surface area contributed by atoms with E-state index in [1.807, 2.05) is 0 Å². The predicted octanol–water partition coefficient (Wildman–Crippen LogP) is 5.41. The zero-order valence-corrected chi connectivity index (χ0v) is 12.7. The molecule has 1 aliphatic carbocycles. The van der Waals surface area contributed by atoms with Gasteiger partial charge in [-0.3, -0.25) is 0 Å². The van der Waals surface area contributed by atoms with E-state index in [1.54, 1.807) is 0 Å². The van der Waals surface area contributed by atoms with Crippen LogP contribution in [0.25, 0.3) is 0 Å². The molecule has 0 N–H and O–H groups in total. The molecule has 1 aliphatic rings. The van der Waals surface area contributed by atoms with Crippen LogP contribution in [-0.2, 0) is 0 Å². The Kier molecular flexibility index (Phi) is 5.32. The van der Waals surface area contributed by atoms with Gasteiger partial charge in [0, 0.05) is 16.0 Å². The van der Waals surface area contributed by atoms with Gasteiger partial charge in [-0.05, 0) is 55.9 Å². The van der Waals surface area contributed by atoms with Gasteiger partial charge in [0.2, 0.25) is 0 Å². The Hall–Kier alpha value is -0.740. The molecule has 0 amide bonds. The zero-order valence-electron chi connectivity index (χ0n) is 11.1. The van der Waals surface area contributed by atoms with Gasteiger partial charge in [-0.1, -0.05) is 47.5 Å². The molecular weight excluding hydrogens is 284 g/mol. The van der Waals surface area contributed by atoms with Crippen molar-refractivity contribution in [3.05, 3.63) is 34.3 Å². The topological polar surface area (TPSA) is 0 Å². The second-order valence-corrected chi connectivity index (χ2v) is 6.20. The first-order valence-corrected chi connectivity index (χ1v) is 7.84. The molecule has 0 radical (unpaired) electrons. The number of rotatable bonds is 2. The van der Waals surface area contributed by atoms with Crippen molar-refractivity contribution in [2.45, 2.75) is 45.4 Å². The highest BCUT2D eigenvalue weighted by Gasteiger charge is 2.18. The van der Waals surface area contributed by atoms with E-state index in [0.29, 0.717) is 5.92 Å². The van der Waals surface area contributed by atoms with Crippen LogP contribution in [-0.4, -0.2) is 0 Å². The summed E-state index contributed by atoms with van der Waals surface area (Å²) in [5.41, 5.74) is 1.13. The first kappa shape index (κ1) is 13.7. The fraction of sp³-hybridized carbons (Fsp3) is 0.529. The van der Waals surface area contributed by atoms with Gasteiger partial charge in [0.1, 0.15) is 0 Å². The third-order valence-electron chi connectivity index (χ3n) is 3.81. The predicted molar refractivity (Wildman–Crippen MR) is 81.4 cm³/mol. The van der Waals surface area contributed by atoms with Crippen LogP contribution in [0.5, 0.6) is 0 Å². The Bertz CT molecular complexity index is 413. The van der Waals surface area contributed by atoms with E-state index >= 15 is 0 Å². The molecule has 0 saturated heterocycles. The van der Waals surface area contributed by atoms with Crippen molar-refractivity contribution in [1.29, 1.82) is 0 Å². The Morgan fingerprint density at radius 3 is 2.39 bits per heavy atom. The van der Waals surface area contributed by atoms with Gasteiger partial charge in [-0.15, -0.1) is 0 Å². The number of hydrogen-bond acceptors (Lipinski definition) is 0. The van der Waals surface area contributed by atoms with Gasteiger partial charge in [-0.25, -0.2) is 0 Å². The molecule has 0 bridgehead atoms. The van der Waals surface area contributed by atoms with Crippen LogP contribution >= 0.6 is 15.9 Å². The molecular formula is C17H21Br. The largest absolute Gasteiger partial charge is 0.0945 e. The molecule has 0 unspecified atom stereocenters. The van der Waals surface area contributed by atoms with Gasteiger partial charge >= 0.3 is 0 Å². The molecule has 1 saturated carbocycles. The minimum Gasteiger partial charge on any atom is -0.0945 e. The standard InChI is InChI=1S/C17H21Br/c1-2-3-14-4-6-15(7-5-14)8-9-16-10-12-17(18)13-11-16/h10-15H,2-7H2,1H3. The second kappa shape index (κ2) is 7.00. The van der Waals surface area contributed by atoms with Gasteiger partial charge in [-0.2, -0.15) is 0 Å². The van der Waals surface area contributed by atoms with Crippen LogP contribution in [0.15, 0.2) is 28.7 Å². The number of benzene rings is 1. The minimum atomic E-state index is 0.627. The molecule has 1 fully saturated rings. The molecule has 0 spiro atoms. The maximum atomic E-state index is 3.45. The average Bonchev–Trinajstić information content (AvgIpc) is 2.40. The summed E-state index contributed by atoms with van der Waals surface area (Å²) in [5, 5.41) is 0. The summed E-state index contributed by atoms with van der Waals surface area (Å²) in [5.74, 6) is 8.37. The van der Waals surface area contributed by atoms with Crippen molar-refractivity contribution >= 4 is 15.9 Å². The van der Waals surface area contributed by atoms with E-state index < -0.39 is 0 Å². The van der Waals surface area contributed by atoms with Crippen LogP contribution in [0.1, 0.15) is 51.0 Å². The Balaban J connectivity index is 1.86. The van der Waals surface area contributed by atoms with Gasteiger partial charge in [0.25, 0.3) is 0 Å². The van der Waals surface area contributed by atoms with Gasteiger partial charge < -0.3 is 0 Å². The summed E-state index contributed by atoms with van der Waals surface area (Å²) >= 11 is 3.45. The Labute approximate surface area is 119 Å². The van der Waals surface area contributed by atoms with Crippen molar-refractivity contribution < 1.29 is 0 Å². The van der Waals surface area contributed by atoms with Crippen LogP contribution in [0, 0.1) is 23.7 Å². The minimum absolute atomic E-state index is 0.627. The zero-order chi connectivity index (χ0) is 12.8. The highest BCUT2D eigenvalue weighted by molar-refractivity contribution is 9.10. The molecule has 0 aliphatic heterocycles. The number of hydrogen-bond donors (Lipinski definition) is 0. The smallest absolute Gasteiger partial charge is 0.0246 e. The van der Waals surface area contributed by atoms with Crippen molar-refractivity contribution in [2.75, 3.05) is 0 Å². The molecule has 2 rings (SSSR count). The summed E-state index contributed by atoms with van der Waals surface area (Å²) in [6.07, 6.45) is 8.11. The van der Waals surface area contributed by atoms with Crippen molar-refractivity contribution in [2.24, 2.45) is 11.8 Å². The summed E-state index contributed by atoms with van der Waals surface area (Å²) in [7, 11) is 0. The van der Waals surface area contributed by atoms with Crippen molar-refractivity contribution in [3.63, 3.8) is 0 Å². The first-order chi connectivity index (χ1) is 8.78. The molecule has 96 valence electrons. The summed E-state index contributed by atoms with van der Waals surface area (Å²) in [6.45, 7) is 2.29. The quantitative estimate of drug-likeness (QED) is 0.641. The maximum absolute atomic E-state index is 3.45. The van der Waals surface area contributed by atoms with E-state index in [9.17, 15) is 0 Å². The van der Waals surface area contributed by atoms with Gasteiger partial charge in [0.05, 0.1) is 0 Å². The molecule has 1 aromatic rings. The lowest BCUT2D eigenvalue weighted by molar-refractivity contribution is 0.300. The third kappa shape index (κ3) is 4.18. The molecule has 0 heterocycles. The van der Waals surface area contributed by atoms with Crippen molar-refractivity contribution in [1.82, 2.24) is 0 Å². The second-order valence-electron chi connectivity index (χ2n) is 5.28. The van der Waals surface area contributed by atoms with Gasteiger partial charge in [0.15, 0.2) is 0 Å². The summed E-state index contributed by atoms with van der Waals surface area (Å²) in [6, 6.07) is 8.28. The monoisotopic (exact) mass is 304 g/mol. The van der Waals surface area contributed by atoms with E-state index in [4.69, 9.17) is 0 Å². The lowest BCUT2D eigenvalue weighted by Crippen LogP contribution is -2.13. The highest BCUT2D eigenvalue weighted by atomic mass is 79.9.